The van der Waals surface area contributed by atoms with E-state index in [1.807, 2.05) is 20.0 Å². The molecule has 2 aromatic carbocycles. The molecule has 0 bridgehead atoms. The fraction of sp³-hybridized carbons (Fsp3) is 0.345. The molecule has 2 atom stereocenters. The zero-order valence-corrected chi connectivity index (χ0v) is 22.2. The summed E-state index contributed by atoms with van der Waals surface area (Å²) in [6.07, 6.45) is 2.44. The van der Waals surface area contributed by atoms with Crippen LogP contribution >= 0.6 is 0 Å². The quantitative estimate of drug-likeness (QED) is 0.306. The Bertz CT molecular complexity index is 1660. The third-order valence-corrected chi connectivity index (χ3v) is 7.53. The van der Waals surface area contributed by atoms with Crippen molar-refractivity contribution in [3.63, 3.8) is 0 Å². The van der Waals surface area contributed by atoms with E-state index in [1.54, 1.807) is 42.9 Å². The smallest absolute Gasteiger partial charge is 0.130 e. The molecule has 6 rings (SSSR count). The van der Waals surface area contributed by atoms with Crippen LogP contribution in [0.25, 0.3) is 33.2 Å². The van der Waals surface area contributed by atoms with Crippen molar-refractivity contribution in [1.82, 2.24) is 24.5 Å². The van der Waals surface area contributed by atoms with Gasteiger partial charge in [-0.3, -0.25) is 4.98 Å². The standard InChI is InChI=1S/C29H29F2N5O3/c1-16-27(35(4)34-33-16)19-11-25-26(32-14-19)21-12-23(31)22(29(2,3)37)13-24(21)36(25)28(18-9-10-38-39-15-18)17-5-7-20(30)8-6-17/h5-8,11-14,18,28,37H,9-10,15H2,1-4H3. The number of aryl methyl sites for hydroxylation is 2. The number of fused-ring (bicyclic) bond motifs is 3. The summed E-state index contributed by atoms with van der Waals surface area (Å²) in [5.41, 5.74) is 4.08. The number of benzene rings is 2. The summed E-state index contributed by atoms with van der Waals surface area (Å²) in [6, 6.07) is 11.2. The van der Waals surface area contributed by atoms with Gasteiger partial charge >= 0.3 is 0 Å². The van der Waals surface area contributed by atoms with E-state index >= 15 is 4.39 Å². The van der Waals surface area contributed by atoms with Crippen molar-refractivity contribution in [2.75, 3.05) is 13.2 Å². The molecule has 0 aliphatic carbocycles. The van der Waals surface area contributed by atoms with E-state index in [-0.39, 0.29) is 23.3 Å². The van der Waals surface area contributed by atoms with Crippen molar-refractivity contribution in [2.45, 2.75) is 38.8 Å². The van der Waals surface area contributed by atoms with Crippen LogP contribution in [0.2, 0.25) is 0 Å². The van der Waals surface area contributed by atoms with Crippen molar-refractivity contribution < 1.29 is 23.7 Å². The number of hydrogen-bond donors (Lipinski definition) is 1. The molecule has 3 aromatic heterocycles. The number of hydrogen-bond acceptors (Lipinski definition) is 6. The fourth-order valence-electron chi connectivity index (χ4n) is 5.70. The largest absolute Gasteiger partial charge is 0.386 e. The summed E-state index contributed by atoms with van der Waals surface area (Å²) in [4.78, 5) is 15.4. The average Bonchev–Trinajstić information content (AvgIpc) is 3.40. The topological polar surface area (TPSA) is 87.2 Å². The lowest BCUT2D eigenvalue weighted by molar-refractivity contribution is -0.326. The highest BCUT2D eigenvalue weighted by molar-refractivity contribution is 6.07. The molecule has 1 N–H and O–H groups in total. The molecule has 202 valence electrons. The van der Waals surface area contributed by atoms with Crippen LogP contribution in [0, 0.1) is 24.5 Å². The Kier molecular flexibility index (Phi) is 6.21. The molecule has 39 heavy (non-hydrogen) atoms. The zero-order valence-electron chi connectivity index (χ0n) is 22.2. The predicted molar refractivity (Wildman–Crippen MR) is 142 cm³/mol. The van der Waals surface area contributed by atoms with E-state index in [4.69, 9.17) is 14.8 Å². The Hall–Kier alpha value is -3.73. The number of rotatable bonds is 5. The highest BCUT2D eigenvalue weighted by Crippen LogP contribution is 2.42. The maximum absolute atomic E-state index is 15.4. The van der Waals surface area contributed by atoms with Gasteiger partial charge in [0.25, 0.3) is 0 Å². The molecular formula is C29H29F2N5O3. The van der Waals surface area contributed by atoms with Gasteiger partial charge in [0, 0.05) is 35.7 Å². The van der Waals surface area contributed by atoms with Crippen molar-refractivity contribution >= 4 is 21.9 Å². The maximum Gasteiger partial charge on any atom is 0.130 e. The summed E-state index contributed by atoms with van der Waals surface area (Å²) in [7, 11) is 1.82. The van der Waals surface area contributed by atoms with E-state index in [9.17, 15) is 9.50 Å². The first-order chi connectivity index (χ1) is 18.6. The Morgan fingerprint density at radius 2 is 1.85 bits per heavy atom. The first kappa shape index (κ1) is 25.5. The number of pyridine rings is 1. The number of nitrogens with zero attached hydrogens (tertiary/aromatic N) is 5. The van der Waals surface area contributed by atoms with Crippen molar-refractivity contribution in [3.8, 4) is 11.3 Å². The molecular weight excluding hydrogens is 504 g/mol. The summed E-state index contributed by atoms with van der Waals surface area (Å²) in [6.45, 7) is 5.73. The Balaban J connectivity index is 1.71. The minimum absolute atomic E-state index is 0.0394. The lowest BCUT2D eigenvalue weighted by Crippen LogP contribution is -2.29. The van der Waals surface area contributed by atoms with E-state index in [1.165, 1.54) is 18.2 Å². The molecule has 1 aliphatic rings. The molecule has 1 saturated heterocycles. The molecule has 1 aliphatic heterocycles. The maximum atomic E-state index is 15.4. The molecule has 10 heteroatoms. The minimum Gasteiger partial charge on any atom is -0.386 e. The van der Waals surface area contributed by atoms with Crippen LogP contribution in [-0.2, 0) is 22.4 Å². The lowest BCUT2D eigenvalue weighted by Gasteiger charge is -2.32. The Morgan fingerprint density at radius 3 is 2.49 bits per heavy atom. The number of aliphatic hydroxyl groups is 1. The second-order valence-electron chi connectivity index (χ2n) is 10.7. The summed E-state index contributed by atoms with van der Waals surface area (Å²) < 4.78 is 33.2. The van der Waals surface area contributed by atoms with Gasteiger partial charge < -0.3 is 9.67 Å². The third kappa shape index (κ3) is 4.38. The van der Waals surface area contributed by atoms with E-state index in [2.05, 4.69) is 14.9 Å². The van der Waals surface area contributed by atoms with Crippen LogP contribution in [0.1, 0.15) is 43.1 Å². The fourth-order valence-corrected chi connectivity index (χ4v) is 5.70. The van der Waals surface area contributed by atoms with Crippen molar-refractivity contribution in [2.24, 2.45) is 13.0 Å². The summed E-state index contributed by atoms with van der Waals surface area (Å²) >= 11 is 0. The van der Waals surface area contributed by atoms with Gasteiger partial charge in [-0.05, 0) is 63.1 Å². The number of aromatic nitrogens is 5. The van der Waals surface area contributed by atoms with Crippen LogP contribution in [0.4, 0.5) is 8.78 Å². The molecule has 0 saturated carbocycles. The first-order valence-corrected chi connectivity index (χ1v) is 12.9. The van der Waals surface area contributed by atoms with Gasteiger partial charge in [-0.2, -0.15) is 0 Å². The highest BCUT2D eigenvalue weighted by atomic mass is 19.1. The van der Waals surface area contributed by atoms with Gasteiger partial charge in [0.15, 0.2) is 0 Å². The second kappa shape index (κ2) is 9.48. The molecule has 0 radical (unpaired) electrons. The zero-order chi connectivity index (χ0) is 27.5. The van der Waals surface area contributed by atoms with Crippen LogP contribution in [0.5, 0.6) is 0 Å². The van der Waals surface area contributed by atoms with Gasteiger partial charge in [0.2, 0.25) is 0 Å². The highest BCUT2D eigenvalue weighted by Gasteiger charge is 2.32. The van der Waals surface area contributed by atoms with Gasteiger partial charge in [-0.15, -0.1) is 5.10 Å². The van der Waals surface area contributed by atoms with Crippen LogP contribution < -0.4 is 0 Å². The third-order valence-electron chi connectivity index (χ3n) is 7.53. The Labute approximate surface area is 223 Å². The summed E-state index contributed by atoms with van der Waals surface area (Å²) in [5, 5.41) is 19.7. The van der Waals surface area contributed by atoms with Gasteiger partial charge in [0.05, 0.1) is 52.8 Å². The van der Waals surface area contributed by atoms with Crippen LogP contribution in [0.15, 0.2) is 48.7 Å². The predicted octanol–water partition coefficient (Wildman–Crippen LogP) is 5.36. The van der Waals surface area contributed by atoms with Crippen molar-refractivity contribution in [1.29, 1.82) is 0 Å². The molecule has 5 aromatic rings. The second-order valence-corrected chi connectivity index (χ2v) is 10.7. The van der Waals surface area contributed by atoms with E-state index in [0.29, 0.717) is 36.1 Å². The molecule has 2 unspecified atom stereocenters. The average molecular weight is 534 g/mol. The molecule has 0 spiro atoms. The molecule has 1 fully saturated rings. The van der Waals surface area contributed by atoms with Gasteiger partial charge in [0.1, 0.15) is 11.6 Å². The van der Waals surface area contributed by atoms with Gasteiger partial charge in [-0.25, -0.2) is 23.2 Å². The van der Waals surface area contributed by atoms with E-state index < -0.39 is 11.4 Å². The molecule has 4 heterocycles. The van der Waals surface area contributed by atoms with Crippen LogP contribution in [-0.4, -0.2) is 42.9 Å². The van der Waals surface area contributed by atoms with Crippen LogP contribution in [0.3, 0.4) is 0 Å². The number of halogens is 2. The molecule has 0 amide bonds. The molecule has 8 nitrogen and oxygen atoms in total. The van der Waals surface area contributed by atoms with Crippen molar-refractivity contribution in [3.05, 3.63) is 77.1 Å². The van der Waals surface area contributed by atoms with Gasteiger partial charge in [-0.1, -0.05) is 17.3 Å². The summed E-state index contributed by atoms with van der Waals surface area (Å²) in [5.74, 6) is -0.890. The minimum atomic E-state index is -1.41. The van der Waals surface area contributed by atoms with E-state index in [0.717, 1.165) is 28.0 Å². The monoisotopic (exact) mass is 533 g/mol. The Morgan fingerprint density at radius 1 is 1.08 bits per heavy atom. The normalized spacial score (nSPS) is 17.3. The SMILES string of the molecule is Cc1nnn(C)c1-c1cnc2c3cc(F)c(C(C)(C)O)cc3n(C(c3ccc(F)cc3)C3CCOOC3)c2c1. The first-order valence-electron chi connectivity index (χ1n) is 12.9. The lowest BCUT2D eigenvalue weighted by atomic mass is 9.90.